The van der Waals surface area contributed by atoms with Crippen molar-refractivity contribution in [2.24, 2.45) is 0 Å². The molecule has 1 heterocycles. The summed E-state index contributed by atoms with van der Waals surface area (Å²) in [6, 6.07) is 6.04. The van der Waals surface area contributed by atoms with Gasteiger partial charge in [-0.25, -0.2) is 0 Å². The molecule has 0 N–H and O–H groups in total. The predicted octanol–water partition coefficient (Wildman–Crippen LogP) is 1.62. The first-order chi connectivity index (χ1) is 12.9. The fraction of sp³-hybridized carbons (Fsp3) is 0.474. The molecule has 0 unspecified atom stereocenters. The van der Waals surface area contributed by atoms with E-state index in [0.29, 0.717) is 45.8 Å². The minimum absolute atomic E-state index is 0.0221. The van der Waals surface area contributed by atoms with Crippen molar-refractivity contribution < 1.29 is 14.5 Å². The Kier molecular flexibility index (Phi) is 7.48. The van der Waals surface area contributed by atoms with E-state index in [4.69, 9.17) is 0 Å². The van der Waals surface area contributed by atoms with Gasteiger partial charge in [-0.1, -0.05) is 0 Å². The summed E-state index contributed by atoms with van der Waals surface area (Å²) >= 11 is 0. The van der Waals surface area contributed by atoms with E-state index in [1.807, 2.05) is 18.7 Å². The van der Waals surface area contributed by atoms with Crippen LogP contribution in [0.15, 0.2) is 30.3 Å². The molecule has 1 aromatic rings. The maximum absolute atomic E-state index is 12.3. The molecule has 0 spiro atoms. The van der Waals surface area contributed by atoms with Gasteiger partial charge in [0.2, 0.25) is 11.8 Å². The van der Waals surface area contributed by atoms with Gasteiger partial charge in [0.1, 0.15) is 0 Å². The molecule has 2 amide bonds. The van der Waals surface area contributed by atoms with Crippen LogP contribution in [0, 0.1) is 10.1 Å². The number of carbonyl (C=O) groups is 2. The lowest BCUT2D eigenvalue weighted by Gasteiger charge is -2.34. The molecule has 0 bridgehead atoms. The highest BCUT2D eigenvalue weighted by Gasteiger charge is 2.22. The molecule has 0 saturated carbocycles. The molecule has 0 atom stereocenters. The highest BCUT2D eigenvalue weighted by atomic mass is 16.6. The molecule has 8 heteroatoms. The number of rotatable bonds is 7. The number of benzene rings is 1. The molecule has 2 rings (SSSR count). The Bertz CT molecular complexity index is 690. The molecular weight excluding hydrogens is 348 g/mol. The van der Waals surface area contributed by atoms with Crippen LogP contribution in [0.2, 0.25) is 0 Å². The number of nitrogens with zero attached hydrogens (tertiary/aromatic N) is 4. The molecule has 146 valence electrons. The summed E-state index contributed by atoms with van der Waals surface area (Å²) in [5, 5.41) is 10.6. The van der Waals surface area contributed by atoms with Gasteiger partial charge in [-0.15, -0.1) is 0 Å². The van der Waals surface area contributed by atoms with Gasteiger partial charge in [0.25, 0.3) is 5.69 Å². The topological polar surface area (TPSA) is 87.0 Å². The second-order valence-electron chi connectivity index (χ2n) is 6.35. The van der Waals surface area contributed by atoms with Crippen molar-refractivity contribution >= 4 is 23.6 Å². The first-order valence-corrected chi connectivity index (χ1v) is 9.16. The van der Waals surface area contributed by atoms with E-state index >= 15 is 0 Å². The molecule has 8 nitrogen and oxygen atoms in total. The van der Waals surface area contributed by atoms with Crippen LogP contribution < -0.4 is 0 Å². The number of piperazine rings is 1. The van der Waals surface area contributed by atoms with E-state index in [0.717, 1.165) is 5.56 Å². The maximum atomic E-state index is 12.3. The molecule has 1 aliphatic heterocycles. The van der Waals surface area contributed by atoms with Crippen LogP contribution in [0.1, 0.15) is 19.4 Å². The number of carbonyl (C=O) groups excluding carboxylic acids is 2. The third-order valence-corrected chi connectivity index (χ3v) is 4.68. The molecule has 0 aliphatic carbocycles. The lowest BCUT2D eigenvalue weighted by Crippen LogP contribution is -2.51. The van der Waals surface area contributed by atoms with Gasteiger partial charge in [-0.2, -0.15) is 0 Å². The van der Waals surface area contributed by atoms with Gasteiger partial charge < -0.3 is 9.80 Å². The molecule has 1 aliphatic rings. The van der Waals surface area contributed by atoms with Crippen LogP contribution >= 0.6 is 0 Å². The van der Waals surface area contributed by atoms with Crippen LogP contribution in [0.3, 0.4) is 0 Å². The first-order valence-electron chi connectivity index (χ1n) is 9.16. The third kappa shape index (κ3) is 5.89. The lowest BCUT2D eigenvalue weighted by molar-refractivity contribution is -0.384. The van der Waals surface area contributed by atoms with Crippen LogP contribution in [0.4, 0.5) is 5.69 Å². The standard InChI is InChI=1S/C19H26N4O4/c1-3-21(4-2)19(25)15-20-11-13-22(14-12-20)18(24)10-7-16-5-8-17(9-6-16)23(26)27/h5-10H,3-4,11-15H2,1-2H3/b10-7+. The quantitative estimate of drug-likeness (QED) is 0.411. The minimum Gasteiger partial charge on any atom is -0.342 e. The first kappa shape index (κ1) is 20.6. The van der Waals surface area contributed by atoms with Crippen molar-refractivity contribution in [3.8, 4) is 0 Å². The van der Waals surface area contributed by atoms with E-state index in [-0.39, 0.29) is 17.5 Å². The second-order valence-corrected chi connectivity index (χ2v) is 6.35. The summed E-state index contributed by atoms with van der Waals surface area (Å²) in [6.07, 6.45) is 3.14. The van der Waals surface area contributed by atoms with Gasteiger partial charge in [-0.05, 0) is 37.6 Å². The zero-order valence-electron chi connectivity index (χ0n) is 15.8. The Morgan fingerprint density at radius 2 is 1.70 bits per heavy atom. The number of hydrogen-bond acceptors (Lipinski definition) is 5. The summed E-state index contributed by atoms with van der Waals surface area (Å²) in [5.41, 5.74) is 0.756. The Morgan fingerprint density at radius 3 is 2.22 bits per heavy atom. The summed E-state index contributed by atoms with van der Waals surface area (Å²) < 4.78 is 0. The number of amides is 2. The van der Waals surface area contributed by atoms with Crippen molar-refractivity contribution in [2.75, 3.05) is 45.8 Å². The Morgan fingerprint density at radius 1 is 1.11 bits per heavy atom. The predicted molar refractivity (Wildman–Crippen MR) is 103 cm³/mol. The monoisotopic (exact) mass is 374 g/mol. The second kappa shape index (κ2) is 9.82. The molecule has 1 fully saturated rings. The van der Waals surface area contributed by atoms with Crippen molar-refractivity contribution in [3.63, 3.8) is 0 Å². The highest BCUT2D eigenvalue weighted by molar-refractivity contribution is 5.91. The van der Waals surface area contributed by atoms with Gasteiger partial charge in [0.15, 0.2) is 0 Å². The zero-order chi connectivity index (χ0) is 19.8. The van der Waals surface area contributed by atoms with Crippen molar-refractivity contribution in [1.29, 1.82) is 0 Å². The third-order valence-electron chi connectivity index (χ3n) is 4.68. The fourth-order valence-electron chi connectivity index (χ4n) is 2.97. The zero-order valence-corrected chi connectivity index (χ0v) is 15.8. The smallest absolute Gasteiger partial charge is 0.269 e. The van der Waals surface area contributed by atoms with Crippen molar-refractivity contribution in [3.05, 3.63) is 46.0 Å². The normalized spacial score (nSPS) is 15.1. The number of likely N-dealkylation sites (N-methyl/N-ethyl adjacent to an activating group) is 1. The van der Waals surface area contributed by atoms with Crippen LogP contribution in [-0.4, -0.2) is 77.3 Å². The van der Waals surface area contributed by atoms with E-state index < -0.39 is 4.92 Å². The number of nitro benzene ring substituents is 1. The summed E-state index contributed by atoms with van der Waals surface area (Å²) in [6.45, 7) is 8.24. The molecule has 1 saturated heterocycles. The summed E-state index contributed by atoms with van der Waals surface area (Å²) in [5.74, 6) is 0.0286. The Hall–Kier alpha value is -2.74. The molecule has 0 radical (unpaired) electrons. The fourth-order valence-corrected chi connectivity index (χ4v) is 2.97. The lowest BCUT2D eigenvalue weighted by atomic mass is 10.2. The van der Waals surface area contributed by atoms with Gasteiger partial charge in [0, 0.05) is 57.5 Å². The summed E-state index contributed by atoms with van der Waals surface area (Å²) in [4.78, 5) is 40.3. The van der Waals surface area contributed by atoms with Crippen LogP contribution in [0.25, 0.3) is 6.08 Å². The SMILES string of the molecule is CCN(CC)C(=O)CN1CCN(C(=O)/C=C/c2ccc([N+](=O)[O-])cc2)CC1. The van der Waals surface area contributed by atoms with Crippen LogP contribution in [0.5, 0.6) is 0 Å². The van der Waals surface area contributed by atoms with E-state index in [9.17, 15) is 19.7 Å². The van der Waals surface area contributed by atoms with E-state index in [2.05, 4.69) is 4.90 Å². The van der Waals surface area contributed by atoms with E-state index in [1.54, 1.807) is 23.1 Å². The Balaban J connectivity index is 1.82. The highest BCUT2D eigenvalue weighted by Crippen LogP contribution is 2.13. The van der Waals surface area contributed by atoms with Gasteiger partial charge in [0.05, 0.1) is 11.5 Å². The Labute approximate surface area is 159 Å². The summed E-state index contributed by atoms with van der Waals surface area (Å²) in [7, 11) is 0. The van der Waals surface area contributed by atoms with E-state index in [1.165, 1.54) is 18.2 Å². The van der Waals surface area contributed by atoms with Crippen LogP contribution in [-0.2, 0) is 9.59 Å². The van der Waals surface area contributed by atoms with Gasteiger partial charge in [-0.3, -0.25) is 24.6 Å². The molecular formula is C19H26N4O4. The van der Waals surface area contributed by atoms with Gasteiger partial charge >= 0.3 is 0 Å². The minimum atomic E-state index is -0.455. The number of nitro groups is 1. The van der Waals surface area contributed by atoms with Crippen molar-refractivity contribution in [1.82, 2.24) is 14.7 Å². The maximum Gasteiger partial charge on any atom is 0.269 e. The average Bonchev–Trinajstić information content (AvgIpc) is 2.68. The number of hydrogen-bond donors (Lipinski definition) is 0. The van der Waals surface area contributed by atoms with Crippen molar-refractivity contribution in [2.45, 2.75) is 13.8 Å². The largest absolute Gasteiger partial charge is 0.342 e. The molecule has 1 aromatic carbocycles. The molecule has 27 heavy (non-hydrogen) atoms. The molecule has 0 aromatic heterocycles. The number of non-ortho nitro benzene ring substituents is 1. The average molecular weight is 374 g/mol.